The van der Waals surface area contributed by atoms with Crippen LogP contribution in [-0.2, 0) is 4.74 Å². The number of carbonyl (C=O) groups excluding carboxylic acids is 1. The number of nitrogen functional groups attached to an aromatic ring is 1. The second kappa shape index (κ2) is 6.26. The summed E-state index contributed by atoms with van der Waals surface area (Å²) in [6.07, 6.45) is 1.52. The lowest BCUT2D eigenvalue weighted by Gasteiger charge is -2.71. The van der Waals surface area contributed by atoms with Crippen molar-refractivity contribution in [1.82, 2.24) is 9.88 Å². The molecule has 1 amide bonds. The highest BCUT2D eigenvalue weighted by Gasteiger charge is 2.65. The molecule has 0 spiro atoms. The van der Waals surface area contributed by atoms with Gasteiger partial charge in [-0.2, -0.15) is 0 Å². The number of anilines is 2. The Labute approximate surface area is 170 Å². The summed E-state index contributed by atoms with van der Waals surface area (Å²) >= 11 is 0. The predicted molar refractivity (Wildman–Crippen MR) is 116 cm³/mol. The zero-order valence-corrected chi connectivity index (χ0v) is 19.5. The minimum Gasteiger partial charge on any atom is -0.444 e. The topological polar surface area (TPSA) is 71.7 Å². The smallest absolute Gasteiger partial charge is 0.411 e. The molecule has 0 atom stereocenters. The molecule has 1 saturated heterocycles. The van der Waals surface area contributed by atoms with E-state index in [-0.39, 0.29) is 6.09 Å². The minimum absolute atomic E-state index is 0.293. The molecule has 0 aliphatic carbocycles. The van der Waals surface area contributed by atoms with Crippen molar-refractivity contribution in [2.75, 3.05) is 10.6 Å². The summed E-state index contributed by atoms with van der Waals surface area (Å²) in [5.41, 5.74) is 4.34. The fraction of sp³-hybridized carbons (Fsp3) is 0.727. The first kappa shape index (κ1) is 22.3. The Hall–Kier alpha value is -1.98. The molecule has 0 radical (unpaired) electrons. The molecule has 28 heavy (non-hydrogen) atoms. The van der Waals surface area contributed by atoms with Gasteiger partial charge >= 0.3 is 6.09 Å². The fourth-order valence-electron chi connectivity index (χ4n) is 4.43. The lowest BCUT2D eigenvalue weighted by molar-refractivity contribution is -0.102. The average Bonchev–Trinajstić information content (AvgIpc) is 2.45. The highest BCUT2D eigenvalue weighted by Crippen LogP contribution is 2.53. The number of aromatic nitrogens is 1. The Balaban J connectivity index is 2.68. The van der Waals surface area contributed by atoms with Crippen LogP contribution in [0.4, 0.5) is 16.3 Å². The summed E-state index contributed by atoms with van der Waals surface area (Å²) in [7, 11) is 0. The number of hydrogen-bond donors (Lipinski definition) is 1. The van der Waals surface area contributed by atoms with Crippen molar-refractivity contribution in [1.29, 1.82) is 0 Å². The van der Waals surface area contributed by atoms with Crippen molar-refractivity contribution in [2.45, 2.75) is 104 Å². The third-order valence-corrected chi connectivity index (χ3v) is 6.84. The number of piperazine rings is 1. The molecular formula is C22H38N4O2. The molecule has 2 rings (SSSR count). The largest absolute Gasteiger partial charge is 0.444 e. The maximum Gasteiger partial charge on any atom is 0.411 e. The van der Waals surface area contributed by atoms with Gasteiger partial charge in [0.05, 0.1) is 34.0 Å². The van der Waals surface area contributed by atoms with E-state index in [0.717, 1.165) is 5.69 Å². The summed E-state index contributed by atoms with van der Waals surface area (Å²) in [4.78, 5) is 22.0. The summed E-state index contributed by atoms with van der Waals surface area (Å²) in [6.45, 7) is 22.8. The quantitative estimate of drug-likeness (QED) is 0.743. The number of pyridine rings is 1. The highest BCUT2D eigenvalue weighted by atomic mass is 16.6. The summed E-state index contributed by atoms with van der Waals surface area (Å²) < 4.78 is 5.83. The number of nitrogens with two attached hydrogens (primary N) is 1. The molecule has 0 unspecified atom stereocenters. The SMILES string of the molecule is CC(C)(C)OC(=O)N1C(C)(C)C(C)(C)N(c2ccc(N)nc2)C(C)(C)C1(C)C. The van der Waals surface area contributed by atoms with Crippen molar-refractivity contribution >= 4 is 17.6 Å². The van der Waals surface area contributed by atoms with Crippen LogP contribution < -0.4 is 10.6 Å². The normalized spacial score (nSPS) is 22.7. The number of nitrogens with zero attached hydrogens (tertiary/aromatic N) is 3. The van der Waals surface area contributed by atoms with Gasteiger partial charge in [0.1, 0.15) is 11.4 Å². The van der Waals surface area contributed by atoms with E-state index >= 15 is 0 Å². The van der Waals surface area contributed by atoms with E-state index < -0.39 is 27.8 Å². The lowest BCUT2D eigenvalue weighted by Crippen LogP contribution is -2.85. The number of rotatable bonds is 1. The van der Waals surface area contributed by atoms with Gasteiger partial charge in [0.15, 0.2) is 0 Å². The molecule has 0 aromatic carbocycles. The van der Waals surface area contributed by atoms with Gasteiger partial charge in [-0.05, 0) is 88.3 Å². The van der Waals surface area contributed by atoms with Gasteiger partial charge in [0.25, 0.3) is 0 Å². The first-order valence-electron chi connectivity index (χ1n) is 9.92. The van der Waals surface area contributed by atoms with Crippen molar-refractivity contribution < 1.29 is 9.53 Å². The Morgan fingerprint density at radius 1 is 0.929 bits per heavy atom. The molecule has 1 fully saturated rings. The van der Waals surface area contributed by atoms with E-state index in [2.05, 4.69) is 65.3 Å². The monoisotopic (exact) mass is 390 g/mol. The van der Waals surface area contributed by atoms with E-state index in [9.17, 15) is 4.79 Å². The number of carbonyl (C=O) groups is 1. The van der Waals surface area contributed by atoms with E-state index in [4.69, 9.17) is 10.5 Å². The van der Waals surface area contributed by atoms with Gasteiger partial charge < -0.3 is 15.4 Å². The second-order valence-corrected chi connectivity index (χ2v) is 10.8. The van der Waals surface area contributed by atoms with Crippen LogP contribution in [0.1, 0.15) is 76.2 Å². The Morgan fingerprint density at radius 3 is 1.75 bits per heavy atom. The number of hydrogen-bond acceptors (Lipinski definition) is 5. The number of amides is 1. The van der Waals surface area contributed by atoms with E-state index in [1.165, 1.54) is 0 Å². The molecule has 6 nitrogen and oxygen atoms in total. The zero-order valence-electron chi connectivity index (χ0n) is 19.5. The van der Waals surface area contributed by atoms with Gasteiger partial charge in [-0.15, -0.1) is 0 Å². The fourth-order valence-corrected chi connectivity index (χ4v) is 4.43. The predicted octanol–water partition coefficient (Wildman–Crippen LogP) is 4.84. The molecule has 2 heterocycles. The van der Waals surface area contributed by atoms with Crippen LogP contribution in [0, 0.1) is 0 Å². The average molecular weight is 391 g/mol. The minimum atomic E-state index is -0.560. The van der Waals surface area contributed by atoms with Crippen LogP contribution in [0.15, 0.2) is 18.3 Å². The molecule has 2 N–H and O–H groups in total. The molecule has 6 heteroatoms. The van der Waals surface area contributed by atoms with Crippen LogP contribution in [0.5, 0.6) is 0 Å². The molecule has 158 valence electrons. The molecule has 1 aromatic rings. The Morgan fingerprint density at radius 2 is 1.39 bits per heavy atom. The molecule has 1 aliphatic heterocycles. The van der Waals surface area contributed by atoms with Crippen LogP contribution in [0.2, 0.25) is 0 Å². The maximum atomic E-state index is 13.4. The third-order valence-electron chi connectivity index (χ3n) is 6.84. The molecule has 0 bridgehead atoms. The van der Waals surface area contributed by atoms with Gasteiger partial charge in [0, 0.05) is 0 Å². The van der Waals surface area contributed by atoms with Crippen molar-refractivity contribution in [2.24, 2.45) is 0 Å². The zero-order chi connectivity index (χ0) is 21.9. The molecule has 1 aromatic heterocycles. The van der Waals surface area contributed by atoms with Gasteiger partial charge in [-0.3, -0.25) is 4.90 Å². The number of ether oxygens (including phenoxy) is 1. The summed E-state index contributed by atoms with van der Waals surface area (Å²) in [6, 6.07) is 3.82. The summed E-state index contributed by atoms with van der Waals surface area (Å²) in [5.74, 6) is 0.491. The van der Waals surface area contributed by atoms with Gasteiger partial charge in [-0.1, -0.05) is 0 Å². The molecule has 1 aliphatic rings. The molecular weight excluding hydrogens is 352 g/mol. The van der Waals surface area contributed by atoms with E-state index in [1.54, 1.807) is 0 Å². The van der Waals surface area contributed by atoms with Crippen LogP contribution >= 0.6 is 0 Å². The Bertz CT molecular complexity index is 715. The van der Waals surface area contributed by atoms with Crippen molar-refractivity contribution in [3.8, 4) is 0 Å². The van der Waals surface area contributed by atoms with Crippen LogP contribution in [0.3, 0.4) is 0 Å². The highest BCUT2D eigenvalue weighted by molar-refractivity contribution is 5.73. The molecule has 0 saturated carbocycles. The first-order valence-corrected chi connectivity index (χ1v) is 9.92. The van der Waals surface area contributed by atoms with E-state index in [0.29, 0.717) is 5.82 Å². The van der Waals surface area contributed by atoms with Crippen LogP contribution in [-0.4, -0.2) is 43.7 Å². The van der Waals surface area contributed by atoms with Crippen LogP contribution in [0.25, 0.3) is 0 Å². The van der Waals surface area contributed by atoms with Gasteiger partial charge in [0.2, 0.25) is 0 Å². The summed E-state index contributed by atoms with van der Waals surface area (Å²) in [5, 5.41) is 0. The standard InChI is InChI=1S/C22H38N4O2/c1-18(2,3)28-17(27)26-21(8,9)19(4,5)25(20(6,7)22(26,10)11)15-12-13-16(23)24-14-15/h12-14H,1-11H3,(H2,23,24). The lowest BCUT2D eigenvalue weighted by atomic mass is 9.65. The second-order valence-electron chi connectivity index (χ2n) is 10.8. The third kappa shape index (κ3) is 3.20. The van der Waals surface area contributed by atoms with Crippen molar-refractivity contribution in [3.63, 3.8) is 0 Å². The Kier molecular flexibility index (Phi) is 4.99. The van der Waals surface area contributed by atoms with Crippen molar-refractivity contribution in [3.05, 3.63) is 18.3 Å². The maximum absolute atomic E-state index is 13.4. The van der Waals surface area contributed by atoms with Gasteiger partial charge in [-0.25, -0.2) is 9.78 Å². The first-order chi connectivity index (χ1) is 12.4. The van der Waals surface area contributed by atoms with E-state index in [1.807, 2.05) is 44.0 Å².